The quantitative estimate of drug-likeness (QED) is 0.386. The molecule has 40 heavy (non-hydrogen) atoms. The molecule has 5 rings (SSSR count). The lowest BCUT2D eigenvalue weighted by Gasteiger charge is -2.28. The number of carbonyl (C=O) groups excluding carboxylic acids is 2. The molecule has 0 atom stereocenters. The lowest BCUT2D eigenvalue weighted by Crippen LogP contribution is -2.40. The number of benzene rings is 3. The summed E-state index contributed by atoms with van der Waals surface area (Å²) in [5, 5.41) is 0.576. The van der Waals surface area contributed by atoms with Crippen molar-refractivity contribution in [2.75, 3.05) is 44.8 Å². The van der Waals surface area contributed by atoms with Crippen LogP contribution >= 0.6 is 11.6 Å². The van der Waals surface area contributed by atoms with Gasteiger partial charge in [0, 0.05) is 56.3 Å². The van der Waals surface area contributed by atoms with Crippen LogP contribution in [0.4, 0.5) is 5.69 Å². The molecule has 1 aliphatic heterocycles. The van der Waals surface area contributed by atoms with Crippen molar-refractivity contribution in [2.24, 2.45) is 5.92 Å². The monoisotopic (exact) mass is 561 g/mol. The Bertz CT molecular complexity index is 1310. The van der Waals surface area contributed by atoms with Gasteiger partial charge in [0.05, 0.1) is 12.8 Å². The standard InChI is InChI=1S/C32H36ClN3O4/c1-39-28-9-5-10-29(20-28)40-23-31(37)35-18-17-34(21-24-7-3-2-4-8-24)15-6-16-36(32(38)25-11-12-25)30-19-27(33)14-13-26(30)22-35/h2-5,7-10,13-14,19-20,25H,6,11-12,15-18,21-23H2,1H3. The van der Waals surface area contributed by atoms with E-state index in [0.717, 1.165) is 43.6 Å². The first-order chi connectivity index (χ1) is 19.5. The number of anilines is 1. The number of fused-ring (bicyclic) bond motifs is 1. The molecule has 0 saturated heterocycles. The maximum atomic E-state index is 13.6. The number of nitrogens with zero attached hydrogens (tertiary/aromatic N) is 3. The summed E-state index contributed by atoms with van der Waals surface area (Å²) in [6, 6.07) is 23.2. The van der Waals surface area contributed by atoms with E-state index in [4.69, 9.17) is 21.1 Å². The van der Waals surface area contributed by atoms with Crippen molar-refractivity contribution in [1.29, 1.82) is 0 Å². The van der Waals surface area contributed by atoms with E-state index in [9.17, 15) is 9.59 Å². The predicted octanol–water partition coefficient (Wildman–Crippen LogP) is 5.41. The normalized spacial score (nSPS) is 16.6. The van der Waals surface area contributed by atoms with E-state index >= 15 is 0 Å². The van der Waals surface area contributed by atoms with Crippen LogP contribution in [0.2, 0.25) is 5.02 Å². The smallest absolute Gasteiger partial charge is 0.260 e. The molecule has 3 aromatic rings. The molecule has 0 unspecified atom stereocenters. The molecule has 2 amide bonds. The summed E-state index contributed by atoms with van der Waals surface area (Å²) in [4.78, 5) is 33.1. The second-order valence-corrected chi connectivity index (χ2v) is 10.9. The number of hydrogen-bond acceptors (Lipinski definition) is 5. The van der Waals surface area contributed by atoms with Crippen LogP contribution in [0.3, 0.4) is 0 Å². The van der Waals surface area contributed by atoms with Gasteiger partial charge in [0.2, 0.25) is 5.91 Å². The lowest BCUT2D eigenvalue weighted by atomic mass is 10.1. The van der Waals surface area contributed by atoms with Gasteiger partial charge in [-0.05, 0) is 54.7 Å². The van der Waals surface area contributed by atoms with Crippen LogP contribution in [0.1, 0.15) is 30.4 Å². The van der Waals surface area contributed by atoms with Gasteiger partial charge in [-0.15, -0.1) is 0 Å². The molecule has 210 valence electrons. The van der Waals surface area contributed by atoms with Crippen LogP contribution < -0.4 is 14.4 Å². The Morgan fingerprint density at radius 3 is 2.48 bits per heavy atom. The highest BCUT2D eigenvalue weighted by molar-refractivity contribution is 6.31. The highest BCUT2D eigenvalue weighted by atomic mass is 35.5. The predicted molar refractivity (Wildman–Crippen MR) is 157 cm³/mol. The van der Waals surface area contributed by atoms with Crippen molar-refractivity contribution in [1.82, 2.24) is 9.80 Å². The zero-order valence-electron chi connectivity index (χ0n) is 22.9. The van der Waals surface area contributed by atoms with Crippen molar-refractivity contribution < 1.29 is 19.1 Å². The van der Waals surface area contributed by atoms with Crippen molar-refractivity contribution in [3.8, 4) is 11.5 Å². The second kappa shape index (κ2) is 13.2. The van der Waals surface area contributed by atoms with E-state index in [2.05, 4.69) is 17.0 Å². The fourth-order valence-electron chi connectivity index (χ4n) is 5.07. The number of carbonyl (C=O) groups is 2. The van der Waals surface area contributed by atoms with Gasteiger partial charge in [-0.3, -0.25) is 14.5 Å². The first-order valence-corrected chi connectivity index (χ1v) is 14.3. The van der Waals surface area contributed by atoms with E-state index in [-0.39, 0.29) is 24.3 Å². The first kappa shape index (κ1) is 28.0. The Kier molecular flexibility index (Phi) is 9.24. The minimum absolute atomic E-state index is 0.0754. The Labute approximate surface area is 241 Å². The molecule has 0 bridgehead atoms. The van der Waals surface area contributed by atoms with E-state index < -0.39 is 0 Å². The third-order valence-corrected chi connectivity index (χ3v) is 7.67. The number of amides is 2. The van der Waals surface area contributed by atoms with Crippen molar-refractivity contribution >= 4 is 29.1 Å². The maximum absolute atomic E-state index is 13.6. The van der Waals surface area contributed by atoms with Gasteiger partial charge in [-0.1, -0.05) is 54.1 Å². The molecule has 0 radical (unpaired) electrons. The Hall–Kier alpha value is -3.55. The van der Waals surface area contributed by atoms with Crippen LogP contribution in [0, 0.1) is 5.92 Å². The van der Waals surface area contributed by atoms with Crippen LogP contribution in [0.15, 0.2) is 72.8 Å². The van der Waals surface area contributed by atoms with Gasteiger partial charge < -0.3 is 19.3 Å². The molecule has 1 saturated carbocycles. The number of hydrogen-bond donors (Lipinski definition) is 0. The Morgan fingerprint density at radius 1 is 0.900 bits per heavy atom. The highest BCUT2D eigenvalue weighted by Gasteiger charge is 2.35. The topological polar surface area (TPSA) is 62.3 Å². The SMILES string of the molecule is COc1cccc(OCC(=O)N2CCN(Cc3ccccc3)CCCN(C(=O)C3CC3)c3cc(Cl)ccc3C2)c1. The summed E-state index contributed by atoms with van der Waals surface area (Å²) < 4.78 is 11.2. The summed E-state index contributed by atoms with van der Waals surface area (Å²) in [5.74, 6) is 1.35. The van der Waals surface area contributed by atoms with Crippen molar-refractivity contribution in [3.63, 3.8) is 0 Å². The average Bonchev–Trinajstić information content (AvgIpc) is 3.82. The van der Waals surface area contributed by atoms with Crippen molar-refractivity contribution in [3.05, 3.63) is 88.9 Å². The van der Waals surface area contributed by atoms with Crippen molar-refractivity contribution in [2.45, 2.75) is 32.4 Å². The molecule has 8 heteroatoms. The van der Waals surface area contributed by atoms with E-state index in [1.54, 1.807) is 13.2 Å². The summed E-state index contributed by atoms with van der Waals surface area (Å²) in [5.41, 5.74) is 2.93. The maximum Gasteiger partial charge on any atom is 0.260 e. The fourth-order valence-corrected chi connectivity index (χ4v) is 5.24. The van der Waals surface area contributed by atoms with Gasteiger partial charge in [0.1, 0.15) is 11.5 Å². The number of rotatable bonds is 7. The number of halogens is 1. The van der Waals surface area contributed by atoms with Crippen LogP contribution in [0.25, 0.3) is 0 Å². The fraction of sp³-hybridized carbons (Fsp3) is 0.375. The molecule has 0 N–H and O–H groups in total. The molecule has 1 heterocycles. The van der Waals surface area contributed by atoms with Gasteiger partial charge in [0.15, 0.2) is 6.61 Å². The molecule has 1 aliphatic carbocycles. The first-order valence-electron chi connectivity index (χ1n) is 13.9. The third-order valence-electron chi connectivity index (χ3n) is 7.44. The second-order valence-electron chi connectivity index (χ2n) is 10.4. The Morgan fingerprint density at radius 2 is 1.70 bits per heavy atom. The van der Waals surface area contributed by atoms with Gasteiger partial charge >= 0.3 is 0 Å². The van der Waals surface area contributed by atoms with E-state index in [1.807, 2.05) is 64.4 Å². The molecule has 0 aromatic heterocycles. The summed E-state index contributed by atoms with van der Waals surface area (Å²) in [7, 11) is 1.60. The summed E-state index contributed by atoms with van der Waals surface area (Å²) in [6.07, 6.45) is 2.68. The number of ether oxygens (including phenoxy) is 2. The summed E-state index contributed by atoms with van der Waals surface area (Å²) >= 11 is 6.44. The highest BCUT2D eigenvalue weighted by Crippen LogP contribution is 2.35. The van der Waals surface area contributed by atoms with Crippen LogP contribution in [-0.2, 0) is 22.7 Å². The van der Waals surface area contributed by atoms with E-state index in [1.165, 1.54) is 5.56 Å². The third kappa shape index (κ3) is 7.34. The summed E-state index contributed by atoms with van der Waals surface area (Å²) in [6.45, 7) is 3.70. The molecule has 7 nitrogen and oxygen atoms in total. The van der Waals surface area contributed by atoms with Gasteiger partial charge in [-0.25, -0.2) is 0 Å². The Balaban J connectivity index is 1.40. The van der Waals surface area contributed by atoms with Gasteiger partial charge in [-0.2, -0.15) is 0 Å². The molecule has 1 fully saturated rings. The number of methoxy groups -OCH3 is 1. The molecular formula is C32H36ClN3O4. The molecule has 3 aromatic carbocycles. The molecular weight excluding hydrogens is 526 g/mol. The average molecular weight is 562 g/mol. The lowest BCUT2D eigenvalue weighted by molar-refractivity contribution is -0.134. The van der Waals surface area contributed by atoms with Crippen LogP contribution in [0.5, 0.6) is 11.5 Å². The largest absolute Gasteiger partial charge is 0.497 e. The zero-order valence-corrected chi connectivity index (χ0v) is 23.7. The minimum atomic E-state index is -0.123. The molecule has 2 aliphatic rings. The minimum Gasteiger partial charge on any atom is -0.497 e. The molecule has 0 spiro atoms. The van der Waals surface area contributed by atoms with Crippen LogP contribution in [-0.4, -0.2) is 61.5 Å². The van der Waals surface area contributed by atoms with E-state index in [0.29, 0.717) is 42.7 Å². The zero-order chi connectivity index (χ0) is 27.9. The van der Waals surface area contributed by atoms with Gasteiger partial charge in [0.25, 0.3) is 5.91 Å².